The number of ether oxygens (including phenoxy) is 2. The van der Waals surface area contributed by atoms with E-state index in [1.165, 1.54) is 18.2 Å². The first-order valence-corrected chi connectivity index (χ1v) is 21.1. The van der Waals surface area contributed by atoms with Crippen LogP contribution in [0, 0.1) is 17.2 Å². The summed E-state index contributed by atoms with van der Waals surface area (Å²) in [5.41, 5.74) is 11.0. The third-order valence-corrected chi connectivity index (χ3v) is 10.4. The van der Waals surface area contributed by atoms with Crippen LogP contribution in [0.4, 0.5) is 25.2 Å². The van der Waals surface area contributed by atoms with Crippen molar-refractivity contribution in [2.75, 3.05) is 64.5 Å². The molecule has 6 N–H and O–H groups in total. The minimum absolute atomic E-state index is 0.0891. The van der Waals surface area contributed by atoms with Crippen molar-refractivity contribution in [3.05, 3.63) is 118 Å². The molecule has 1 saturated heterocycles. The molecule has 1 fully saturated rings. The largest absolute Gasteiger partial charge is 0.388 e. The molecule has 0 saturated carbocycles. The molecule has 0 unspecified atom stereocenters. The molecule has 0 spiro atoms. The van der Waals surface area contributed by atoms with Gasteiger partial charge in [-0.15, -0.1) is 0 Å². The monoisotopic (exact) mass is 885 g/mol. The molecule has 4 amide bonds. The molecule has 2 aliphatic heterocycles. The molecule has 3 aromatic carbocycles. The molecule has 1 aromatic heterocycles. The number of urea groups is 1. The fourth-order valence-electron chi connectivity index (χ4n) is 6.94. The molecule has 6 rings (SSSR count). The van der Waals surface area contributed by atoms with E-state index >= 15 is 0 Å². The van der Waals surface area contributed by atoms with Crippen LogP contribution in [-0.4, -0.2) is 104 Å². The van der Waals surface area contributed by atoms with Crippen LogP contribution in [0.5, 0.6) is 0 Å². The van der Waals surface area contributed by atoms with E-state index in [-0.39, 0.29) is 87.0 Å². The van der Waals surface area contributed by atoms with Crippen molar-refractivity contribution < 1.29 is 32.6 Å². The number of benzene rings is 3. The summed E-state index contributed by atoms with van der Waals surface area (Å²) in [4.78, 5) is 52.4. The highest BCUT2D eigenvalue weighted by Gasteiger charge is 2.27. The number of imide groups is 1. The molecule has 63 heavy (non-hydrogen) atoms. The molecule has 1 atom stereocenters. The molecule has 0 aliphatic carbocycles. The van der Waals surface area contributed by atoms with Gasteiger partial charge in [-0.25, -0.2) is 29.1 Å². The van der Waals surface area contributed by atoms with E-state index in [1.54, 1.807) is 59.8 Å². The maximum Gasteiger partial charge on any atom is 0.324 e. The second-order valence-corrected chi connectivity index (χ2v) is 15.2. The van der Waals surface area contributed by atoms with E-state index in [2.05, 4.69) is 41.7 Å². The number of halogens is 3. The first-order chi connectivity index (χ1) is 30.6. The van der Waals surface area contributed by atoms with Gasteiger partial charge in [0.15, 0.2) is 0 Å². The fourth-order valence-corrected chi connectivity index (χ4v) is 7.11. The Kier molecular flexibility index (Phi) is 17.1. The SMILES string of the molecule is C[C@@H]1CCCN1C(=O)NC(=O)CCCNCCN/C=C(/COCCOCCNC(=O)c1ccc(Nc2ncc3c(n2)-c2ccc(Cl)cc2C(c2c(F)cccc2F)=NC3)cc1)N=N. The third-order valence-electron chi connectivity index (χ3n) is 10.2. The normalized spacial score (nSPS) is 14.5. The zero-order chi connectivity index (χ0) is 44.6. The first kappa shape index (κ1) is 46.3. The fraction of sp³-hybridized carbons (Fsp3) is 0.364. The maximum atomic E-state index is 14.9. The molecule has 19 heteroatoms. The van der Waals surface area contributed by atoms with Crippen LogP contribution in [0.25, 0.3) is 11.3 Å². The number of hydrogen-bond donors (Lipinski definition) is 6. The Morgan fingerprint density at radius 2 is 1.78 bits per heavy atom. The lowest BCUT2D eigenvalue weighted by molar-refractivity contribution is -0.120. The Bertz CT molecular complexity index is 2290. The highest BCUT2D eigenvalue weighted by molar-refractivity contribution is 6.31. The van der Waals surface area contributed by atoms with Gasteiger partial charge in [0.25, 0.3) is 5.91 Å². The zero-order valence-corrected chi connectivity index (χ0v) is 35.6. The number of nitrogens with zero attached hydrogens (tertiary/aromatic N) is 5. The number of fused-ring (bicyclic) bond motifs is 3. The van der Waals surface area contributed by atoms with Crippen LogP contribution >= 0.6 is 11.6 Å². The number of anilines is 2. The Labute approximate surface area is 368 Å². The average Bonchev–Trinajstić information content (AvgIpc) is 3.65. The lowest BCUT2D eigenvalue weighted by Gasteiger charge is -2.21. The van der Waals surface area contributed by atoms with Crippen LogP contribution in [-0.2, 0) is 20.8 Å². The van der Waals surface area contributed by atoms with E-state index in [4.69, 9.17) is 31.6 Å². The smallest absolute Gasteiger partial charge is 0.324 e. The van der Waals surface area contributed by atoms with Crippen molar-refractivity contribution in [2.24, 2.45) is 10.1 Å². The molecule has 0 radical (unpaired) electrons. The van der Waals surface area contributed by atoms with Crippen molar-refractivity contribution in [1.29, 1.82) is 5.53 Å². The molecule has 4 aromatic rings. The van der Waals surface area contributed by atoms with Gasteiger partial charge in [0.1, 0.15) is 17.3 Å². The minimum Gasteiger partial charge on any atom is -0.388 e. The molecule has 0 bridgehead atoms. The maximum absolute atomic E-state index is 14.9. The summed E-state index contributed by atoms with van der Waals surface area (Å²) in [7, 11) is 0. The van der Waals surface area contributed by atoms with Gasteiger partial charge >= 0.3 is 6.03 Å². The number of likely N-dealkylation sites (tertiary alicyclic amines) is 1. The number of aromatic nitrogens is 2. The Hall–Kier alpha value is -6.21. The number of carbonyl (C=O) groups is 3. The van der Waals surface area contributed by atoms with Crippen LogP contribution in [0.15, 0.2) is 88.9 Å². The highest BCUT2D eigenvalue weighted by Crippen LogP contribution is 2.35. The second-order valence-electron chi connectivity index (χ2n) is 14.7. The van der Waals surface area contributed by atoms with Crippen LogP contribution < -0.4 is 26.6 Å². The van der Waals surface area contributed by atoms with Gasteiger partial charge in [-0.2, -0.15) is 5.11 Å². The van der Waals surface area contributed by atoms with E-state index in [1.807, 2.05) is 6.92 Å². The zero-order valence-electron chi connectivity index (χ0n) is 34.8. The molecule has 332 valence electrons. The summed E-state index contributed by atoms with van der Waals surface area (Å²) in [5.74, 6) is -1.76. The van der Waals surface area contributed by atoms with E-state index in [0.717, 1.165) is 12.8 Å². The van der Waals surface area contributed by atoms with Crippen LogP contribution in [0.3, 0.4) is 0 Å². The van der Waals surface area contributed by atoms with E-state index in [9.17, 15) is 23.2 Å². The topological polar surface area (TPSA) is 207 Å². The quantitative estimate of drug-likeness (QED) is 0.0396. The third kappa shape index (κ3) is 13.2. The van der Waals surface area contributed by atoms with Crippen molar-refractivity contribution in [3.63, 3.8) is 0 Å². The van der Waals surface area contributed by atoms with E-state index in [0.29, 0.717) is 77.0 Å². The van der Waals surface area contributed by atoms with Gasteiger partial charge in [-0.05, 0) is 81.3 Å². The van der Waals surface area contributed by atoms with Crippen LogP contribution in [0.2, 0.25) is 5.02 Å². The predicted octanol–water partition coefficient (Wildman–Crippen LogP) is 6.49. The average molecular weight is 886 g/mol. The number of aliphatic imine (C=N–C) groups is 1. The predicted molar refractivity (Wildman–Crippen MR) is 234 cm³/mol. The summed E-state index contributed by atoms with van der Waals surface area (Å²) in [6, 6.07) is 15.3. The van der Waals surface area contributed by atoms with Crippen LogP contribution in [0.1, 0.15) is 59.7 Å². The summed E-state index contributed by atoms with van der Waals surface area (Å²) >= 11 is 6.33. The van der Waals surface area contributed by atoms with Crippen molar-refractivity contribution >= 4 is 46.8 Å². The van der Waals surface area contributed by atoms with Gasteiger partial charge in [0.2, 0.25) is 11.9 Å². The minimum atomic E-state index is -0.739. The lowest BCUT2D eigenvalue weighted by atomic mass is 9.95. The summed E-state index contributed by atoms with van der Waals surface area (Å²) < 4.78 is 40.9. The highest BCUT2D eigenvalue weighted by atomic mass is 35.5. The van der Waals surface area contributed by atoms with Gasteiger partial charge in [-0.3, -0.25) is 19.9 Å². The van der Waals surface area contributed by atoms with Gasteiger partial charge in [0.05, 0.1) is 49.9 Å². The molecule has 16 nitrogen and oxygen atoms in total. The van der Waals surface area contributed by atoms with E-state index < -0.39 is 11.6 Å². The summed E-state index contributed by atoms with van der Waals surface area (Å²) in [5, 5.41) is 18.6. The van der Waals surface area contributed by atoms with Gasteiger partial charge in [0, 0.05) is 84.0 Å². The molecular weight excluding hydrogens is 836 g/mol. The van der Waals surface area contributed by atoms with Crippen molar-refractivity contribution in [1.82, 2.24) is 36.1 Å². The molecule has 2 aliphatic rings. The number of hydrogen-bond acceptors (Lipinski definition) is 13. The lowest BCUT2D eigenvalue weighted by Crippen LogP contribution is -2.44. The summed E-state index contributed by atoms with van der Waals surface area (Å²) in [6.07, 6.45) is 6.01. The first-order valence-electron chi connectivity index (χ1n) is 20.7. The number of nitrogens with one attached hydrogen (secondary N) is 6. The molecular formula is C44H50ClF2N11O5. The van der Waals surface area contributed by atoms with Gasteiger partial charge in [-0.1, -0.05) is 23.7 Å². The Morgan fingerprint density at radius 1 is 0.984 bits per heavy atom. The summed E-state index contributed by atoms with van der Waals surface area (Å²) in [6.45, 7) is 5.80. The molecule has 3 heterocycles. The number of rotatable bonds is 21. The second kappa shape index (κ2) is 23.3. The standard InChI is InChI=1S/C44H50ClF2N11O5/c1-28-5-4-19-58(28)44(61)55-38(59)8-3-15-49-16-17-50-26-33(57-48)27-63-22-21-62-20-18-51-42(60)29-9-12-32(13-10-29)54-43-53-25-30-24-52-41(39-36(46)6-2-7-37(39)47)35-23-31(45)11-14-34(35)40(30)56-43/h2,6-7,9-14,23,25-26,28,48-50H,3-5,8,15-22,24,27H2,1H3,(H,51,60)(H,53,54,56)(H,55,59,61)/b33-26-,57-48?/t28-/m1/s1. The van der Waals surface area contributed by atoms with Crippen molar-refractivity contribution in [3.8, 4) is 11.3 Å². The number of carbonyl (C=O) groups excluding carboxylic acids is 3. The van der Waals surface area contributed by atoms with Gasteiger partial charge < -0.3 is 35.6 Å². The number of amides is 4. The Morgan fingerprint density at radius 3 is 2.54 bits per heavy atom. The Balaban J connectivity index is 0.845. The van der Waals surface area contributed by atoms with Crippen molar-refractivity contribution in [2.45, 2.75) is 45.2 Å².